The van der Waals surface area contributed by atoms with Crippen molar-refractivity contribution >= 4 is 43.5 Å². The molecule has 31 heavy (non-hydrogen) atoms. The third-order valence-electron chi connectivity index (χ3n) is 5.28. The van der Waals surface area contributed by atoms with Gasteiger partial charge >= 0.3 is 0 Å². The molecule has 2 aromatic carbocycles. The van der Waals surface area contributed by atoms with Gasteiger partial charge < -0.3 is 14.0 Å². The van der Waals surface area contributed by atoms with Gasteiger partial charge in [-0.25, -0.2) is 12.4 Å². The average Bonchev–Trinajstić information content (AvgIpc) is 3.38. The van der Waals surface area contributed by atoms with E-state index in [-0.39, 0.29) is 4.90 Å². The lowest BCUT2D eigenvalue weighted by molar-refractivity contribution is 0.355. The number of aryl methyl sites for hydroxylation is 2. The summed E-state index contributed by atoms with van der Waals surface area (Å²) in [6, 6.07) is 14.3. The summed E-state index contributed by atoms with van der Waals surface area (Å²) in [6.07, 6.45) is 3.59. The molecular weight excluding hydrogens is 527 g/mol. The Kier molecular flexibility index (Phi) is 6.02. The van der Waals surface area contributed by atoms with E-state index in [4.69, 9.17) is 9.47 Å². The quantitative estimate of drug-likeness (QED) is 0.237. The fraction of sp³-hybridized carbons (Fsp3) is 0.217. The molecule has 4 aromatic rings. The summed E-state index contributed by atoms with van der Waals surface area (Å²) in [4.78, 5) is 0.255. The third kappa shape index (κ3) is 3.82. The molecule has 8 heteroatoms. The van der Waals surface area contributed by atoms with Gasteiger partial charge in [0.2, 0.25) is 0 Å². The van der Waals surface area contributed by atoms with E-state index in [0.29, 0.717) is 17.2 Å². The molecule has 0 fully saturated rings. The smallest absolute Gasteiger partial charge is 0.268 e. The van der Waals surface area contributed by atoms with E-state index in [1.165, 1.54) is 3.97 Å². The zero-order valence-corrected chi connectivity index (χ0v) is 20.5. The van der Waals surface area contributed by atoms with E-state index >= 15 is 0 Å². The van der Waals surface area contributed by atoms with Crippen molar-refractivity contribution in [2.45, 2.75) is 18.4 Å². The van der Waals surface area contributed by atoms with Gasteiger partial charge in [-0.3, -0.25) is 0 Å². The maximum atomic E-state index is 13.4. The van der Waals surface area contributed by atoms with Gasteiger partial charge in [-0.1, -0.05) is 40.3 Å². The van der Waals surface area contributed by atoms with Crippen LogP contribution in [0.3, 0.4) is 0 Å². The summed E-state index contributed by atoms with van der Waals surface area (Å²) in [5.41, 5.74) is 3.39. The Morgan fingerprint density at radius 3 is 2.32 bits per heavy atom. The molecule has 0 spiro atoms. The molecule has 0 atom stereocenters. The van der Waals surface area contributed by atoms with Gasteiger partial charge in [0.25, 0.3) is 10.0 Å². The van der Waals surface area contributed by atoms with Gasteiger partial charge in [-0.05, 0) is 37.3 Å². The molecule has 0 unspecified atom stereocenters. The Hall–Kier alpha value is -2.46. The standard InChI is InChI=1S/C23H23IN2O4S/c1-16-6-8-17(9-7-16)31(27,28)26-11-4-5-20(26)19-15-25(12-10-24)21-14-23(30-3)22(29-2)13-18(19)21/h4-9,11,13-15H,10,12H2,1-3H3. The van der Waals surface area contributed by atoms with Gasteiger partial charge in [-0.15, -0.1) is 0 Å². The number of benzene rings is 2. The molecule has 0 aliphatic rings. The average molecular weight is 550 g/mol. The van der Waals surface area contributed by atoms with Gasteiger partial charge in [-0.2, -0.15) is 0 Å². The Morgan fingerprint density at radius 2 is 1.68 bits per heavy atom. The summed E-state index contributed by atoms with van der Waals surface area (Å²) in [6.45, 7) is 2.72. The summed E-state index contributed by atoms with van der Waals surface area (Å²) >= 11 is 2.33. The van der Waals surface area contributed by atoms with Crippen LogP contribution in [0.2, 0.25) is 0 Å². The number of alkyl halides is 1. The molecule has 0 amide bonds. The minimum absolute atomic E-state index is 0.255. The van der Waals surface area contributed by atoms with E-state index in [0.717, 1.165) is 33.0 Å². The highest BCUT2D eigenvalue weighted by atomic mass is 127. The number of hydrogen-bond acceptors (Lipinski definition) is 4. The van der Waals surface area contributed by atoms with Crippen molar-refractivity contribution in [3.05, 3.63) is 66.5 Å². The number of aromatic nitrogens is 2. The minimum atomic E-state index is -3.74. The first-order valence-electron chi connectivity index (χ1n) is 9.71. The van der Waals surface area contributed by atoms with Gasteiger partial charge in [0.05, 0.1) is 30.3 Å². The van der Waals surface area contributed by atoms with Gasteiger partial charge in [0, 0.05) is 40.4 Å². The van der Waals surface area contributed by atoms with E-state index in [1.807, 2.05) is 31.3 Å². The fourth-order valence-corrected chi connectivity index (χ4v) is 5.58. The van der Waals surface area contributed by atoms with E-state index in [2.05, 4.69) is 27.2 Å². The van der Waals surface area contributed by atoms with Crippen LogP contribution < -0.4 is 9.47 Å². The van der Waals surface area contributed by atoms with Crippen LogP contribution in [0.25, 0.3) is 22.2 Å². The fourth-order valence-electron chi connectivity index (χ4n) is 3.70. The molecule has 2 aromatic heterocycles. The molecule has 2 heterocycles. The molecule has 0 saturated heterocycles. The molecule has 0 aliphatic heterocycles. The largest absolute Gasteiger partial charge is 0.493 e. The normalized spacial score (nSPS) is 11.7. The van der Waals surface area contributed by atoms with Crippen LogP contribution in [0.15, 0.2) is 65.8 Å². The molecule has 6 nitrogen and oxygen atoms in total. The van der Waals surface area contributed by atoms with Crippen molar-refractivity contribution in [2.24, 2.45) is 0 Å². The highest BCUT2D eigenvalue weighted by Gasteiger charge is 2.23. The number of ether oxygens (including phenoxy) is 2. The Morgan fingerprint density at radius 1 is 1.00 bits per heavy atom. The van der Waals surface area contributed by atoms with Crippen LogP contribution in [0.5, 0.6) is 11.5 Å². The van der Waals surface area contributed by atoms with E-state index < -0.39 is 10.0 Å². The number of fused-ring (bicyclic) bond motifs is 1. The van der Waals surface area contributed by atoms with Crippen molar-refractivity contribution in [1.82, 2.24) is 8.54 Å². The number of hydrogen-bond donors (Lipinski definition) is 0. The summed E-state index contributed by atoms with van der Waals surface area (Å²) in [7, 11) is -0.542. The van der Waals surface area contributed by atoms with E-state index in [9.17, 15) is 8.42 Å². The molecule has 0 aliphatic carbocycles. The zero-order valence-electron chi connectivity index (χ0n) is 17.5. The summed E-state index contributed by atoms with van der Waals surface area (Å²) in [5, 5.41) is 0.904. The second-order valence-corrected chi connectivity index (χ2v) is 10.1. The first-order chi connectivity index (χ1) is 14.9. The second kappa shape index (κ2) is 8.58. The maximum Gasteiger partial charge on any atom is 0.268 e. The van der Waals surface area contributed by atoms with Crippen LogP contribution in [-0.4, -0.2) is 35.6 Å². The Balaban J connectivity index is 1.95. The predicted molar refractivity (Wildman–Crippen MR) is 131 cm³/mol. The highest BCUT2D eigenvalue weighted by Crippen LogP contribution is 2.39. The Labute approximate surface area is 195 Å². The lowest BCUT2D eigenvalue weighted by Gasteiger charge is -2.11. The van der Waals surface area contributed by atoms with E-state index in [1.54, 1.807) is 50.7 Å². The number of rotatable bonds is 7. The van der Waals surface area contributed by atoms with Crippen molar-refractivity contribution in [2.75, 3.05) is 18.6 Å². The number of methoxy groups -OCH3 is 2. The minimum Gasteiger partial charge on any atom is -0.493 e. The molecule has 0 N–H and O–H groups in total. The second-order valence-electron chi connectivity index (χ2n) is 7.16. The first kappa shape index (κ1) is 21.8. The molecule has 4 rings (SSSR count). The monoisotopic (exact) mass is 550 g/mol. The molecule has 162 valence electrons. The molecule has 0 saturated carbocycles. The molecular formula is C23H23IN2O4S. The van der Waals surface area contributed by atoms with Crippen molar-refractivity contribution in [1.29, 1.82) is 0 Å². The third-order valence-corrected chi connectivity index (χ3v) is 7.47. The summed E-state index contributed by atoms with van der Waals surface area (Å²) < 4.78 is 42.2. The first-order valence-corrected chi connectivity index (χ1v) is 12.7. The summed E-state index contributed by atoms with van der Waals surface area (Å²) in [5.74, 6) is 1.24. The molecule has 0 bridgehead atoms. The van der Waals surface area contributed by atoms with Crippen LogP contribution >= 0.6 is 22.6 Å². The Bertz CT molecular complexity index is 1340. The predicted octanol–water partition coefficient (Wildman–Crippen LogP) is 5.11. The highest BCUT2D eigenvalue weighted by molar-refractivity contribution is 14.1. The van der Waals surface area contributed by atoms with Crippen LogP contribution in [-0.2, 0) is 16.6 Å². The lowest BCUT2D eigenvalue weighted by atomic mass is 10.1. The van der Waals surface area contributed by atoms with Gasteiger partial charge in [0.15, 0.2) is 11.5 Å². The lowest BCUT2D eigenvalue weighted by Crippen LogP contribution is -2.13. The zero-order chi connectivity index (χ0) is 22.2. The van der Waals surface area contributed by atoms with Crippen molar-refractivity contribution < 1.29 is 17.9 Å². The van der Waals surface area contributed by atoms with Crippen molar-refractivity contribution in [3.63, 3.8) is 0 Å². The topological polar surface area (TPSA) is 62.5 Å². The number of nitrogens with zero attached hydrogens (tertiary/aromatic N) is 2. The number of halogens is 1. The van der Waals surface area contributed by atoms with Crippen LogP contribution in [0.1, 0.15) is 5.56 Å². The van der Waals surface area contributed by atoms with Crippen LogP contribution in [0, 0.1) is 6.92 Å². The van der Waals surface area contributed by atoms with Crippen molar-refractivity contribution in [3.8, 4) is 22.8 Å². The van der Waals surface area contributed by atoms with Gasteiger partial charge in [0.1, 0.15) is 0 Å². The maximum absolute atomic E-state index is 13.4. The van der Waals surface area contributed by atoms with Crippen LogP contribution in [0.4, 0.5) is 0 Å². The molecule has 0 radical (unpaired) electrons. The SMILES string of the molecule is COc1cc2c(-c3cccn3S(=O)(=O)c3ccc(C)cc3)cn(CCI)c2cc1OC.